The molecule has 0 aliphatic rings. The number of ether oxygens (including phenoxy) is 1. The lowest BCUT2D eigenvalue weighted by atomic mass is 10.1. The van der Waals surface area contributed by atoms with Crippen molar-refractivity contribution in [2.75, 3.05) is 11.6 Å². The van der Waals surface area contributed by atoms with E-state index in [9.17, 15) is 23.3 Å². The van der Waals surface area contributed by atoms with E-state index in [0.29, 0.717) is 16.9 Å². The highest BCUT2D eigenvalue weighted by molar-refractivity contribution is 7.92. The molecule has 0 aliphatic carbocycles. The van der Waals surface area contributed by atoms with Crippen LogP contribution in [0.15, 0.2) is 50.9 Å². The van der Waals surface area contributed by atoms with E-state index in [0.717, 1.165) is 6.26 Å². The van der Waals surface area contributed by atoms with E-state index in [1.807, 2.05) is 0 Å². The number of hydrogen-bond acceptors (Lipinski definition) is 10. The molecule has 1 N–H and O–H groups in total. The van der Waals surface area contributed by atoms with Crippen molar-refractivity contribution in [3.8, 4) is 11.8 Å². The summed E-state index contributed by atoms with van der Waals surface area (Å²) in [5.74, 6) is -1.49. The van der Waals surface area contributed by atoms with Crippen molar-refractivity contribution in [1.82, 2.24) is 10.2 Å². The first-order valence-electron chi connectivity index (χ1n) is 8.19. The molecule has 1 amide bonds. The lowest BCUT2D eigenvalue weighted by Crippen LogP contribution is -2.13. The molecule has 0 spiro atoms. The number of amides is 1. The van der Waals surface area contributed by atoms with Gasteiger partial charge in [0.25, 0.3) is 5.91 Å². The average Bonchev–Trinajstić information content (AvgIpc) is 3.39. The fraction of sp³-hybridized carbons (Fsp3) is 0.0556. The number of aromatic nitrogens is 2. The standard InChI is InChI=1S/C18H11ClN4O6S2/c1-31(26,27)18-23-22-17(30-18)21-15(24)11(9-20)7-10-4-5-13(12(19)8-10)29-16(25)14-3-2-6-28-14/h2-8H,1H3,(H,21,22,24)/b11-7-. The van der Waals surface area contributed by atoms with Crippen LogP contribution in [0, 0.1) is 11.3 Å². The number of sulfone groups is 1. The van der Waals surface area contributed by atoms with Crippen molar-refractivity contribution < 1.29 is 27.2 Å². The molecule has 0 unspecified atom stereocenters. The molecule has 13 heteroatoms. The number of nitrogens with one attached hydrogen (secondary N) is 1. The number of rotatable bonds is 6. The van der Waals surface area contributed by atoms with E-state index in [1.54, 1.807) is 6.07 Å². The Labute approximate surface area is 184 Å². The number of nitrogens with zero attached hydrogens (tertiary/aromatic N) is 3. The van der Waals surface area contributed by atoms with Crippen LogP contribution in [-0.4, -0.2) is 36.7 Å². The van der Waals surface area contributed by atoms with Gasteiger partial charge in [-0.2, -0.15) is 5.26 Å². The molecule has 2 heterocycles. The SMILES string of the molecule is CS(=O)(=O)c1nnc(NC(=O)/C(C#N)=C\c2ccc(OC(=O)c3ccco3)c(Cl)c2)s1. The number of esters is 1. The molecule has 0 bridgehead atoms. The van der Waals surface area contributed by atoms with Crippen LogP contribution in [0.5, 0.6) is 5.75 Å². The molecule has 3 aromatic rings. The van der Waals surface area contributed by atoms with Crippen LogP contribution in [0.2, 0.25) is 5.02 Å². The third-order valence-corrected chi connectivity index (χ3v) is 6.30. The summed E-state index contributed by atoms with van der Waals surface area (Å²) < 4.78 is 32.7. The molecule has 10 nitrogen and oxygen atoms in total. The van der Waals surface area contributed by atoms with Crippen LogP contribution in [0.25, 0.3) is 6.08 Å². The summed E-state index contributed by atoms with van der Waals surface area (Å²) in [5.41, 5.74) is 0.0797. The number of furan rings is 1. The second kappa shape index (κ2) is 9.09. The van der Waals surface area contributed by atoms with E-state index >= 15 is 0 Å². The van der Waals surface area contributed by atoms with Crippen molar-refractivity contribution in [1.29, 1.82) is 5.26 Å². The molecular formula is C18H11ClN4O6S2. The number of halogens is 1. The Balaban J connectivity index is 1.75. The molecule has 158 valence electrons. The van der Waals surface area contributed by atoms with Crippen molar-refractivity contribution in [3.63, 3.8) is 0 Å². The van der Waals surface area contributed by atoms with Gasteiger partial charge in [0.1, 0.15) is 17.4 Å². The zero-order chi connectivity index (χ0) is 22.6. The van der Waals surface area contributed by atoms with Gasteiger partial charge in [-0.05, 0) is 35.9 Å². The van der Waals surface area contributed by atoms with Crippen molar-refractivity contribution in [2.45, 2.75) is 4.34 Å². The fourth-order valence-electron chi connectivity index (χ4n) is 2.12. The number of anilines is 1. The van der Waals surface area contributed by atoms with Crippen molar-refractivity contribution >= 4 is 55.9 Å². The molecule has 0 saturated carbocycles. The summed E-state index contributed by atoms with van der Waals surface area (Å²) in [5, 5.41) is 18.6. The van der Waals surface area contributed by atoms with E-state index in [1.165, 1.54) is 42.7 Å². The van der Waals surface area contributed by atoms with E-state index < -0.39 is 21.7 Å². The van der Waals surface area contributed by atoms with Gasteiger partial charge in [-0.3, -0.25) is 10.1 Å². The largest absolute Gasteiger partial charge is 0.457 e. The highest BCUT2D eigenvalue weighted by Crippen LogP contribution is 2.27. The van der Waals surface area contributed by atoms with Gasteiger partial charge in [-0.25, -0.2) is 13.2 Å². The molecule has 0 fully saturated rings. The Morgan fingerprint density at radius 2 is 2.10 bits per heavy atom. The molecule has 0 saturated heterocycles. The van der Waals surface area contributed by atoms with Crippen LogP contribution in [-0.2, 0) is 14.6 Å². The maximum Gasteiger partial charge on any atom is 0.379 e. The maximum absolute atomic E-state index is 12.3. The predicted octanol–water partition coefficient (Wildman–Crippen LogP) is 2.95. The maximum atomic E-state index is 12.3. The summed E-state index contributed by atoms with van der Waals surface area (Å²) in [4.78, 5) is 24.2. The molecule has 3 rings (SSSR count). The zero-order valence-corrected chi connectivity index (χ0v) is 17.9. The van der Waals surface area contributed by atoms with Gasteiger partial charge >= 0.3 is 5.97 Å². The van der Waals surface area contributed by atoms with Crippen molar-refractivity contribution in [2.24, 2.45) is 0 Å². The first kappa shape index (κ1) is 22.2. The molecule has 0 atom stereocenters. The third kappa shape index (κ3) is 5.54. The summed E-state index contributed by atoms with van der Waals surface area (Å²) in [6, 6.07) is 8.97. The minimum atomic E-state index is -3.57. The molecule has 0 aliphatic heterocycles. The predicted molar refractivity (Wildman–Crippen MR) is 110 cm³/mol. The highest BCUT2D eigenvalue weighted by Gasteiger charge is 2.18. The fourth-order valence-corrected chi connectivity index (χ4v) is 3.86. The third-order valence-electron chi connectivity index (χ3n) is 3.50. The Hall–Kier alpha value is -3.53. The minimum Gasteiger partial charge on any atom is -0.457 e. The first-order chi connectivity index (χ1) is 14.7. The van der Waals surface area contributed by atoms with Crippen LogP contribution in [0.4, 0.5) is 5.13 Å². The second-order valence-corrected chi connectivity index (χ2v) is 9.40. The topological polar surface area (TPSA) is 152 Å². The lowest BCUT2D eigenvalue weighted by Gasteiger charge is -2.06. The Morgan fingerprint density at radius 1 is 1.32 bits per heavy atom. The normalized spacial score (nSPS) is 11.6. The number of carbonyl (C=O) groups excluding carboxylic acids is 2. The van der Waals surface area contributed by atoms with Crippen LogP contribution in [0.3, 0.4) is 0 Å². The number of benzene rings is 1. The minimum absolute atomic E-state index is 0.000756. The molecule has 1 aromatic carbocycles. The van der Waals surface area contributed by atoms with Gasteiger partial charge in [-0.15, -0.1) is 10.2 Å². The number of nitriles is 1. The van der Waals surface area contributed by atoms with E-state index in [4.69, 9.17) is 20.8 Å². The van der Waals surface area contributed by atoms with Crippen LogP contribution < -0.4 is 10.1 Å². The monoisotopic (exact) mass is 478 g/mol. The van der Waals surface area contributed by atoms with Crippen LogP contribution >= 0.6 is 22.9 Å². The average molecular weight is 479 g/mol. The van der Waals surface area contributed by atoms with Gasteiger partial charge in [0.05, 0.1) is 11.3 Å². The first-order valence-corrected chi connectivity index (χ1v) is 11.3. The Morgan fingerprint density at radius 3 is 2.68 bits per heavy atom. The summed E-state index contributed by atoms with van der Waals surface area (Å²) in [6.07, 6.45) is 3.53. The molecule has 0 radical (unpaired) electrons. The number of carbonyl (C=O) groups is 2. The quantitative estimate of drug-likeness (QED) is 0.185. The van der Waals surface area contributed by atoms with Gasteiger partial charge in [0.15, 0.2) is 0 Å². The zero-order valence-electron chi connectivity index (χ0n) is 15.5. The summed E-state index contributed by atoms with van der Waals surface area (Å²) >= 11 is 6.78. The highest BCUT2D eigenvalue weighted by atomic mass is 35.5. The van der Waals surface area contributed by atoms with Gasteiger partial charge in [0, 0.05) is 6.26 Å². The Bertz CT molecular complexity index is 1320. The van der Waals surface area contributed by atoms with Crippen LogP contribution in [0.1, 0.15) is 16.1 Å². The molecular weight excluding hydrogens is 468 g/mol. The number of hydrogen-bond donors (Lipinski definition) is 1. The van der Waals surface area contributed by atoms with Crippen molar-refractivity contribution in [3.05, 3.63) is 58.5 Å². The summed E-state index contributed by atoms with van der Waals surface area (Å²) in [7, 11) is -3.57. The molecule has 31 heavy (non-hydrogen) atoms. The van der Waals surface area contributed by atoms with Gasteiger partial charge in [0.2, 0.25) is 25.1 Å². The van der Waals surface area contributed by atoms with E-state index in [2.05, 4.69) is 15.5 Å². The van der Waals surface area contributed by atoms with E-state index in [-0.39, 0.29) is 31.6 Å². The second-order valence-electron chi connectivity index (χ2n) is 5.83. The lowest BCUT2D eigenvalue weighted by molar-refractivity contribution is -0.112. The Kier molecular flexibility index (Phi) is 6.50. The van der Waals surface area contributed by atoms with Gasteiger partial charge < -0.3 is 9.15 Å². The molecule has 2 aromatic heterocycles. The summed E-state index contributed by atoms with van der Waals surface area (Å²) in [6.45, 7) is 0. The smallest absolute Gasteiger partial charge is 0.379 e. The van der Waals surface area contributed by atoms with Gasteiger partial charge in [-0.1, -0.05) is 29.0 Å².